The molecule has 0 spiro atoms. The lowest BCUT2D eigenvalue weighted by atomic mass is 10.3. The van der Waals surface area contributed by atoms with E-state index in [1.54, 1.807) is 0 Å². The standard InChI is InChI=1S/C7H5N3O4S/c11-6-4-1-3(15(13)14)2-8-5(4)9-7(12)10-6/h1-2H,(H,13,14)(H2,8,9,10,11,12). The third-order valence-electron chi connectivity index (χ3n) is 1.77. The molecule has 0 aliphatic heterocycles. The number of pyridine rings is 1. The molecule has 0 saturated carbocycles. The largest absolute Gasteiger partial charge is 0.327 e. The van der Waals surface area contributed by atoms with Crippen LogP contribution < -0.4 is 11.2 Å². The van der Waals surface area contributed by atoms with Gasteiger partial charge in [0.25, 0.3) is 5.56 Å². The summed E-state index contributed by atoms with van der Waals surface area (Å²) in [7, 11) is 0. The average Bonchev–Trinajstić information content (AvgIpc) is 2.16. The van der Waals surface area contributed by atoms with Gasteiger partial charge in [0.1, 0.15) is 5.65 Å². The third kappa shape index (κ3) is 1.72. The minimum atomic E-state index is -2.21. The number of nitrogens with zero attached hydrogens (tertiary/aromatic N) is 1. The molecule has 0 fully saturated rings. The highest BCUT2D eigenvalue weighted by atomic mass is 32.2. The van der Waals surface area contributed by atoms with Crippen LogP contribution in [-0.4, -0.2) is 23.7 Å². The van der Waals surface area contributed by atoms with E-state index in [9.17, 15) is 13.8 Å². The average molecular weight is 227 g/mol. The Morgan fingerprint density at radius 1 is 1.33 bits per heavy atom. The normalized spacial score (nSPS) is 12.9. The van der Waals surface area contributed by atoms with Crippen LogP contribution in [0.3, 0.4) is 0 Å². The summed E-state index contributed by atoms with van der Waals surface area (Å²) in [5.41, 5.74) is -1.23. The van der Waals surface area contributed by atoms with Crippen molar-refractivity contribution in [2.75, 3.05) is 0 Å². The Labute approximate surface area is 84.5 Å². The summed E-state index contributed by atoms with van der Waals surface area (Å²) >= 11 is -2.21. The Morgan fingerprint density at radius 2 is 2.07 bits per heavy atom. The summed E-state index contributed by atoms with van der Waals surface area (Å²) in [5.74, 6) is 0. The van der Waals surface area contributed by atoms with Gasteiger partial charge in [-0.15, -0.1) is 0 Å². The van der Waals surface area contributed by atoms with E-state index in [1.165, 1.54) is 6.07 Å². The van der Waals surface area contributed by atoms with Crippen LogP contribution in [-0.2, 0) is 11.1 Å². The van der Waals surface area contributed by atoms with Crippen molar-refractivity contribution in [2.45, 2.75) is 4.90 Å². The fraction of sp³-hybridized carbons (Fsp3) is 0. The zero-order valence-electron chi connectivity index (χ0n) is 7.18. The van der Waals surface area contributed by atoms with Crippen LogP contribution in [0.1, 0.15) is 0 Å². The topological polar surface area (TPSA) is 116 Å². The molecule has 0 amide bonds. The summed E-state index contributed by atoms with van der Waals surface area (Å²) in [6.45, 7) is 0. The number of hydrogen-bond acceptors (Lipinski definition) is 4. The zero-order chi connectivity index (χ0) is 11.0. The molecule has 3 N–H and O–H groups in total. The number of rotatable bonds is 1. The second kappa shape index (κ2) is 3.41. The Bertz CT molecular complexity index is 659. The van der Waals surface area contributed by atoms with Crippen molar-refractivity contribution in [3.63, 3.8) is 0 Å². The van der Waals surface area contributed by atoms with Gasteiger partial charge in [-0.3, -0.25) is 14.8 Å². The highest BCUT2D eigenvalue weighted by Crippen LogP contribution is 2.07. The molecule has 2 aromatic rings. The van der Waals surface area contributed by atoms with Crippen molar-refractivity contribution in [3.05, 3.63) is 33.1 Å². The van der Waals surface area contributed by atoms with Crippen molar-refractivity contribution in [1.29, 1.82) is 0 Å². The molecular formula is C7H5N3O4S. The summed E-state index contributed by atoms with van der Waals surface area (Å²) in [4.78, 5) is 30.1. The minimum Gasteiger partial charge on any atom is -0.302 e. The molecule has 2 aromatic heterocycles. The molecule has 1 atom stereocenters. The first-order chi connectivity index (χ1) is 7.08. The SMILES string of the molecule is O=c1[nH]c(=O)c2cc(S(=O)O)cnc2[nH]1. The second-order valence-electron chi connectivity index (χ2n) is 2.72. The van der Waals surface area contributed by atoms with Crippen LogP contribution in [0.5, 0.6) is 0 Å². The fourth-order valence-electron chi connectivity index (χ4n) is 1.12. The van der Waals surface area contributed by atoms with Crippen LogP contribution in [0.4, 0.5) is 0 Å². The van der Waals surface area contributed by atoms with Crippen molar-refractivity contribution in [1.82, 2.24) is 15.0 Å². The highest BCUT2D eigenvalue weighted by Gasteiger charge is 2.06. The van der Waals surface area contributed by atoms with E-state index >= 15 is 0 Å². The molecule has 0 saturated heterocycles. The molecule has 8 heteroatoms. The molecule has 0 aliphatic rings. The number of hydrogen-bond donors (Lipinski definition) is 3. The van der Waals surface area contributed by atoms with E-state index in [0.717, 1.165) is 6.20 Å². The van der Waals surface area contributed by atoms with E-state index in [-0.39, 0.29) is 15.9 Å². The van der Waals surface area contributed by atoms with Gasteiger partial charge < -0.3 is 4.55 Å². The minimum absolute atomic E-state index is 0.0000454. The second-order valence-corrected chi connectivity index (χ2v) is 3.69. The van der Waals surface area contributed by atoms with Gasteiger partial charge >= 0.3 is 5.69 Å². The van der Waals surface area contributed by atoms with Gasteiger partial charge in [0.2, 0.25) is 0 Å². The molecular weight excluding hydrogens is 222 g/mol. The maximum absolute atomic E-state index is 11.3. The van der Waals surface area contributed by atoms with Crippen LogP contribution >= 0.6 is 0 Å². The molecule has 15 heavy (non-hydrogen) atoms. The van der Waals surface area contributed by atoms with Gasteiger partial charge in [-0.25, -0.2) is 14.0 Å². The molecule has 2 rings (SSSR count). The van der Waals surface area contributed by atoms with E-state index in [0.29, 0.717) is 0 Å². The Balaban J connectivity index is 2.89. The van der Waals surface area contributed by atoms with Gasteiger partial charge in [0, 0.05) is 6.20 Å². The molecule has 0 radical (unpaired) electrons. The number of nitrogens with one attached hydrogen (secondary N) is 2. The van der Waals surface area contributed by atoms with Gasteiger partial charge in [-0.05, 0) is 6.07 Å². The molecule has 1 unspecified atom stereocenters. The van der Waals surface area contributed by atoms with Crippen molar-refractivity contribution in [3.8, 4) is 0 Å². The molecule has 78 valence electrons. The fourth-order valence-corrected chi connectivity index (χ4v) is 1.48. The predicted octanol–water partition coefficient (Wildman–Crippen LogP) is -0.808. The van der Waals surface area contributed by atoms with Crippen molar-refractivity contribution < 1.29 is 8.76 Å². The van der Waals surface area contributed by atoms with Crippen molar-refractivity contribution >= 4 is 22.1 Å². The summed E-state index contributed by atoms with van der Waals surface area (Å²) < 4.78 is 19.5. The maximum Gasteiger partial charge on any atom is 0.327 e. The summed E-state index contributed by atoms with van der Waals surface area (Å²) in [6, 6.07) is 1.20. The predicted molar refractivity (Wildman–Crippen MR) is 52.0 cm³/mol. The Hall–Kier alpha value is -1.80. The number of H-pyrrole nitrogens is 2. The number of aromatic nitrogens is 3. The number of fused-ring (bicyclic) bond motifs is 1. The lowest BCUT2D eigenvalue weighted by Gasteiger charge is -1.97. The van der Waals surface area contributed by atoms with E-state index in [4.69, 9.17) is 4.55 Å². The van der Waals surface area contributed by atoms with Crippen molar-refractivity contribution in [2.24, 2.45) is 0 Å². The van der Waals surface area contributed by atoms with Gasteiger partial charge in [0.05, 0.1) is 10.3 Å². The van der Waals surface area contributed by atoms with Crippen LogP contribution in [0.15, 0.2) is 26.7 Å². The lowest BCUT2D eigenvalue weighted by molar-refractivity contribution is 0.564. The lowest BCUT2D eigenvalue weighted by Crippen LogP contribution is -2.22. The van der Waals surface area contributed by atoms with Crippen LogP contribution in [0, 0.1) is 0 Å². The quantitative estimate of drug-likeness (QED) is 0.551. The first-order valence-electron chi connectivity index (χ1n) is 3.81. The van der Waals surface area contributed by atoms with Gasteiger partial charge in [-0.2, -0.15) is 0 Å². The third-order valence-corrected chi connectivity index (χ3v) is 2.39. The molecule has 0 bridgehead atoms. The molecule has 7 nitrogen and oxygen atoms in total. The first kappa shape index (κ1) is 9.74. The Kier molecular flexibility index (Phi) is 2.21. The number of aromatic amines is 2. The van der Waals surface area contributed by atoms with Crippen LogP contribution in [0.25, 0.3) is 11.0 Å². The van der Waals surface area contributed by atoms with Gasteiger partial charge in [-0.1, -0.05) is 0 Å². The first-order valence-corrected chi connectivity index (χ1v) is 4.92. The molecule has 0 aromatic carbocycles. The summed E-state index contributed by atoms with van der Waals surface area (Å²) in [6.07, 6.45) is 1.12. The molecule has 0 aliphatic carbocycles. The van der Waals surface area contributed by atoms with Gasteiger partial charge in [0.15, 0.2) is 11.1 Å². The smallest absolute Gasteiger partial charge is 0.302 e. The summed E-state index contributed by atoms with van der Waals surface area (Å²) in [5, 5.41) is 0.0644. The Morgan fingerprint density at radius 3 is 2.73 bits per heavy atom. The maximum atomic E-state index is 11.3. The van der Waals surface area contributed by atoms with E-state index in [2.05, 4.69) is 9.97 Å². The monoisotopic (exact) mass is 227 g/mol. The van der Waals surface area contributed by atoms with E-state index < -0.39 is 22.3 Å². The zero-order valence-corrected chi connectivity index (χ0v) is 8.00. The van der Waals surface area contributed by atoms with Crippen LogP contribution in [0.2, 0.25) is 0 Å². The molecule has 2 heterocycles. The van der Waals surface area contributed by atoms with E-state index in [1.807, 2.05) is 4.98 Å². The highest BCUT2D eigenvalue weighted by molar-refractivity contribution is 7.79.